The van der Waals surface area contributed by atoms with E-state index in [1.165, 1.54) is 19.1 Å². The van der Waals surface area contributed by atoms with E-state index in [-0.39, 0.29) is 33.6 Å². The summed E-state index contributed by atoms with van der Waals surface area (Å²) in [5.41, 5.74) is 1.12. The first-order valence-corrected chi connectivity index (χ1v) is 8.17. The van der Waals surface area contributed by atoms with Crippen molar-refractivity contribution in [2.24, 2.45) is 0 Å². The molecular formula is C18H13ClN4O4. The molecule has 0 aliphatic rings. The average Bonchev–Trinajstić information content (AvgIpc) is 3.07. The number of allylic oxidation sites excluding steroid dienone is 1. The number of nitrogens with one attached hydrogen (secondary N) is 1. The van der Waals surface area contributed by atoms with E-state index >= 15 is 0 Å². The van der Waals surface area contributed by atoms with Gasteiger partial charge in [-0.3, -0.25) is 10.1 Å². The number of non-ortho nitro benzene ring substituents is 1. The molecule has 0 saturated heterocycles. The fourth-order valence-corrected chi connectivity index (χ4v) is 2.67. The minimum absolute atomic E-state index is 0.0195. The van der Waals surface area contributed by atoms with E-state index in [1.54, 1.807) is 12.1 Å². The Morgan fingerprint density at radius 1 is 1.41 bits per heavy atom. The zero-order chi connectivity index (χ0) is 19.6. The lowest BCUT2D eigenvalue weighted by molar-refractivity contribution is -0.384. The molecule has 2 N–H and O–H groups in total. The van der Waals surface area contributed by atoms with Crippen molar-refractivity contribution < 1.29 is 14.8 Å². The van der Waals surface area contributed by atoms with Crippen LogP contribution >= 0.6 is 11.6 Å². The summed E-state index contributed by atoms with van der Waals surface area (Å²) in [6, 6.07) is 12.8. The zero-order valence-electron chi connectivity index (χ0n) is 14.0. The number of H-pyrrole nitrogens is 1. The van der Waals surface area contributed by atoms with E-state index in [4.69, 9.17) is 16.3 Å². The number of aromatic amines is 1. The number of nitro groups is 1. The van der Waals surface area contributed by atoms with Gasteiger partial charge in [-0.05, 0) is 25.1 Å². The minimum atomic E-state index is -0.938. The van der Waals surface area contributed by atoms with Crippen molar-refractivity contribution in [3.8, 4) is 11.8 Å². The van der Waals surface area contributed by atoms with Crippen LogP contribution in [0.2, 0.25) is 5.02 Å². The molecule has 1 heterocycles. The maximum Gasteiger partial charge on any atom is 0.271 e. The molecule has 8 nitrogen and oxygen atoms in total. The first-order valence-electron chi connectivity index (χ1n) is 7.79. The Morgan fingerprint density at radius 2 is 2.15 bits per heavy atom. The molecule has 0 bridgehead atoms. The number of aliphatic hydroxyl groups excluding tert-OH is 1. The van der Waals surface area contributed by atoms with Gasteiger partial charge in [-0.2, -0.15) is 5.26 Å². The van der Waals surface area contributed by atoms with Crippen molar-refractivity contribution in [1.82, 2.24) is 9.97 Å². The number of benzene rings is 2. The molecule has 0 unspecified atom stereocenters. The van der Waals surface area contributed by atoms with Crippen molar-refractivity contribution in [1.29, 1.82) is 5.26 Å². The van der Waals surface area contributed by atoms with Gasteiger partial charge in [-0.15, -0.1) is 0 Å². The Bertz CT molecular complexity index is 1070. The number of aliphatic hydroxyl groups is 1. The van der Waals surface area contributed by atoms with Crippen LogP contribution in [0.15, 0.2) is 48.2 Å². The maximum atomic E-state index is 10.8. The van der Waals surface area contributed by atoms with Gasteiger partial charge in [-0.25, -0.2) is 4.98 Å². The molecule has 2 aromatic carbocycles. The number of hydrogen-bond donors (Lipinski definition) is 2. The second-order valence-electron chi connectivity index (χ2n) is 5.61. The number of nitro benzene ring substituents is 1. The predicted molar refractivity (Wildman–Crippen MR) is 99.5 cm³/mol. The molecule has 9 heteroatoms. The number of aromatic nitrogens is 2. The van der Waals surface area contributed by atoms with Crippen LogP contribution in [0.25, 0.3) is 16.6 Å². The number of nitriles is 1. The Hall–Kier alpha value is -3.57. The molecule has 0 aliphatic heterocycles. The SMILES string of the molecule is C[C@H](Oc1ccc([N+](=O)[O-])cc1Cl)/C(O)=C(\C#N)c1nc2ccccc2[nH]1. The average molecular weight is 385 g/mol. The van der Waals surface area contributed by atoms with Gasteiger partial charge < -0.3 is 14.8 Å². The monoisotopic (exact) mass is 384 g/mol. The van der Waals surface area contributed by atoms with E-state index in [2.05, 4.69) is 9.97 Å². The lowest BCUT2D eigenvalue weighted by Crippen LogP contribution is -2.17. The van der Waals surface area contributed by atoms with E-state index in [1.807, 2.05) is 18.2 Å². The second kappa shape index (κ2) is 7.35. The summed E-state index contributed by atoms with van der Waals surface area (Å²) in [4.78, 5) is 17.4. The number of imidazole rings is 1. The number of nitrogens with zero attached hydrogens (tertiary/aromatic N) is 3. The van der Waals surface area contributed by atoms with Gasteiger partial charge in [-0.1, -0.05) is 23.7 Å². The topological polar surface area (TPSA) is 125 Å². The summed E-state index contributed by atoms with van der Waals surface area (Å²) in [6.07, 6.45) is -0.938. The van der Waals surface area contributed by atoms with E-state index in [9.17, 15) is 20.5 Å². The number of fused-ring (bicyclic) bond motifs is 1. The quantitative estimate of drug-likeness (QED) is 0.291. The summed E-state index contributed by atoms with van der Waals surface area (Å²) < 4.78 is 5.56. The van der Waals surface area contributed by atoms with Gasteiger partial charge in [0.05, 0.1) is 21.0 Å². The Morgan fingerprint density at radius 3 is 2.78 bits per heavy atom. The van der Waals surface area contributed by atoms with Gasteiger partial charge in [0.25, 0.3) is 5.69 Å². The molecule has 0 fully saturated rings. The number of halogens is 1. The lowest BCUT2D eigenvalue weighted by Gasteiger charge is -2.15. The largest absolute Gasteiger partial charge is 0.507 e. The van der Waals surface area contributed by atoms with Crippen LogP contribution in [0.5, 0.6) is 5.75 Å². The Kier molecular flexibility index (Phi) is 4.96. The Labute approximate surface area is 158 Å². The molecule has 0 radical (unpaired) electrons. The minimum Gasteiger partial charge on any atom is -0.507 e. The van der Waals surface area contributed by atoms with Gasteiger partial charge in [0.1, 0.15) is 17.4 Å². The summed E-state index contributed by atoms with van der Waals surface area (Å²) in [6.45, 7) is 1.52. The normalized spacial score (nSPS) is 12.9. The van der Waals surface area contributed by atoms with Crippen molar-refractivity contribution in [2.45, 2.75) is 13.0 Å². The summed E-state index contributed by atoms with van der Waals surface area (Å²) in [5, 5.41) is 30.7. The van der Waals surface area contributed by atoms with Crippen LogP contribution in [0, 0.1) is 21.4 Å². The first kappa shape index (κ1) is 18.2. The third-order valence-corrected chi connectivity index (χ3v) is 4.10. The molecule has 136 valence electrons. The van der Waals surface area contributed by atoms with E-state index in [0.29, 0.717) is 5.52 Å². The zero-order valence-corrected chi connectivity index (χ0v) is 14.8. The highest BCUT2D eigenvalue weighted by molar-refractivity contribution is 6.32. The smallest absolute Gasteiger partial charge is 0.271 e. The van der Waals surface area contributed by atoms with Crippen molar-refractivity contribution in [2.75, 3.05) is 0 Å². The number of ether oxygens (including phenoxy) is 1. The molecule has 1 aromatic heterocycles. The third-order valence-electron chi connectivity index (χ3n) is 3.81. The molecule has 1 atom stereocenters. The van der Waals surface area contributed by atoms with Gasteiger partial charge in [0.2, 0.25) is 0 Å². The fraction of sp³-hybridized carbons (Fsp3) is 0.111. The summed E-state index contributed by atoms with van der Waals surface area (Å²) >= 11 is 6.00. The summed E-state index contributed by atoms with van der Waals surface area (Å²) in [7, 11) is 0. The summed E-state index contributed by atoms with van der Waals surface area (Å²) in [5.74, 6) is 0.00985. The first-order chi connectivity index (χ1) is 12.9. The molecule has 3 aromatic rings. The number of hydrogen-bond acceptors (Lipinski definition) is 6. The van der Waals surface area contributed by atoms with Crippen LogP contribution in [0.3, 0.4) is 0 Å². The molecule has 0 amide bonds. The van der Waals surface area contributed by atoms with Crippen LogP contribution in [-0.2, 0) is 0 Å². The highest BCUT2D eigenvalue weighted by Gasteiger charge is 2.21. The highest BCUT2D eigenvalue weighted by Crippen LogP contribution is 2.31. The van der Waals surface area contributed by atoms with E-state index < -0.39 is 11.0 Å². The number of para-hydroxylation sites is 2. The highest BCUT2D eigenvalue weighted by atomic mass is 35.5. The van der Waals surface area contributed by atoms with Gasteiger partial charge in [0, 0.05) is 12.1 Å². The molecular weight excluding hydrogens is 372 g/mol. The van der Waals surface area contributed by atoms with Crippen molar-refractivity contribution >= 4 is 33.9 Å². The fourth-order valence-electron chi connectivity index (χ4n) is 2.45. The second-order valence-corrected chi connectivity index (χ2v) is 6.01. The van der Waals surface area contributed by atoms with Crippen molar-refractivity contribution in [3.05, 3.63) is 69.2 Å². The van der Waals surface area contributed by atoms with Gasteiger partial charge in [0.15, 0.2) is 17.7 Å². The number of rotatable bonds is 5. The van der Waals surface area contributed by atoms with E-state index in [0.717, 1.165) is 11.6 Å². The molecule has 0 aliphatic carbocycles. The van der Waals surface area contributed by atoms with Gasteiger partial charge >= 0.3 is 0 Å². The lowest BCUT2D eigenvalue weighted by atomic mass is 10.1. The molecule has 0 saturated carbocycles. The standard InChI is InChI=1S/C18H13ClN4O4/c1-10(27-16-7-6-11(23(25)26)8-13(16)19)17(24)12(9-20)18-21-14-4-2-3-5-15(14)22-18/h2-8,10,24H,1H3,(H,21,22)/b17-12-/t10-/m0/s1. The third kappa shape index (κ3) is 3.68. The van der Waals surface area contributed by atoms with Crippen LogP contribution in [-0.4, -0.2) is 26.1 Å². The van der Waals surface area contributed by atoms with Crippen LogP contribution in [0.4, 0.5) is 5.69 Å². The predicted octanol–water partition coefficient (Wildman–Crippen LogP) is 4.38. The maximum absolute atomic E-state index is 10.8. The Balaban J connectivity index is 1.91. The molecule has 3 rings (SSSR count). The van der Waals surface area contributed by atoms with Crippen molar-refractivity contribution in [3.63, 3.8) is 0 Å². The van der Waals surface area contributed by atoms with Crippen LogP contribution < -0.4 is 4.74 Å². The molecule has 27 heavy (non-hydrogen) atoms. The molecule has 0 spiro atoms. The van der Waals surface area contributed by atoms with Crippen LogP contribution in [0.1, 0.15) is 12.7 Å².